The lowest BCUT2D eigenvalue weighted by atomic mass is 10.2. The maximum atomic E-state index is 11.8. The Balaban J connectivity index is 0. The largest absolute Gasteiger partial charge is 0.462 e. The van der Waals surface area contributed by atoms with Crippen molar-refractivity contribution in [2.75, 3.05) is 26.4 Å². The van der Waals surface area contributed by atoms with Gasteiger partial charge in [0.15, 0.2) is 12.2 Å². The van der Waals surface area contributed by atoms with Gasteiger partial charge >= 0.3 is 35.8 Å². The van der Waals surface area contributed by atoms with Crippen molar-refractivity contribution < 1.29 is 82.7 Å². The number of hydrogen-bond acceptors (Lipinski definition) is 17. The van der Waals surface area contributed by atoms with Crippen molar-refractivity contribution in [3.63, 3.8) is 0 Å². The average Bonchev–Trinajstić information content (AvgIpc) is 3.12. The van der Waals surface area contributed by atoms with Gasteiger partial charge in [-0.3, -0.25) is 28.8 Å². The predicted octanol–water partition coefficient (Wildman–Crippen LogP) is 1.96. The van der Waals surface area contributed by atoms with Crippen molar-refractivity contribution in [3.05, 3.63) is 0 Å². The molecule has 0 aromatic heterocycles. The number of carbonyl (C=O) groups is 6. The Labute approximate surface area is 312 Å². The summed E-state index contributed by atoms with van der Waals surface area (Å²) in [4.78, 5) is 70.1. The predicted molar refractivity (Wildman–Crippen MR) is 188 cm³/mol. The van der Waals surface area contributed by atoms with Crippen LogP contribution in [0.1, 0.15) is 125 Å². The van der Waals surface area contributed by atoms with Crippen molar-refractivity contribution >= 4 is 35.8 Å². The zero-order valence-electron chi connectivity index (χ0n) is 32.2. The van der Waals surface area contributed by atoms with Gasteiger partial charge in [-0.05, 0) is 38.5 Å². The van der Waals surface area contributed by atoms with Gasteiger partial charge in [-0.25, -0.2) is 0 Å². The molecule has 0 rings (SSSR count). The fourth-order valence-electron chi connectivity index (χ4n) is 3.70. The number of carbonyl (C=O) groups excluding carboxylic acids is 6. The standard InChI is InChI=1S/C18H32O9.C18H32O8/c1-4-12(19)7-16(22)25-10-15(27-18(24)9-14(21)6-3)11-26-17(23)8-13(20)5-2;1-4-7-8-16(21)24-11-15(26-18(23)10-14(20)6-3)12-25-17(22)9-13(19)5-2/h12-15,19-21H,4-11H2,1-3H3;13-15,19-20H,4-12H2,1-3H3. The molecule has 6 unspecified atom stereocenters. The molecule has 0 spiro atoms. The van der Waals surface area contributed by atoms with Gasteiger partial charge < -0.3 is 54.0 Å². The summed E-state index contributed by atoms with van der Waals surface area (Å²) in [6, 6.07) is 0. The number of hydrogen-bond donors (Lipinski definition) is 5. The molecule has 5 N–H and O–H groups in total. The number of rotatable bonds is 28. The van der Waals surface area contributed by atoms with E-state index in [1.807, 2.05) is 6.92 Å². The van der Waals surface area contributed by atoms with Gasteiger partial charge in [-0.1, -0.05) is 48.0 Å². The minimum absolute atomic E-state index is 0.165. The first kappa shape index (κ1) is 51.7. The topological polar surface area (TPSA) is 259 Å². The molecule has 6 atom stereocenters. The third-order valence-corrected chi connectivity index (χ3v) is 7.42. The van der Waals surface area contributed by atoms with Crippen LogP contribution in [0.3, 0.4) is 0 Å². The maximum Gasteiger partial charge on any atom is 0.308 e. The number of esters is 6. The summed E-state index contributed by atoms with van der Waals surface area (Å²) in [6.07, 6.45) is -3.38. The van der Waals surface area contributed by atoms with Crippen LogP contribution in [0.2, 0.25) is 0 Å². The van der Waals surface area contributed by atoms with E-state index < -0.39 is 78.5 Å². The average molecular weight is 769 g/mol. The quantitative estimate of drug-likeness (QED) is 0.0563. The Kier molecular flexibility index (Phi) is 31.3. The lowest BCUT2D eigenvalue weighted by molar-refractivity contribution is -0.169. The molecular weight excluding hydrogens is 704 g/mol. The van der Waals surface area contributed by atoms with Gasteiger partial charge in [0.1, 0.15) is 26.4 Å². The molecule has 0 saturated carbocycles. The van der Waals surface area contributed by atoms with Gasteiger partial charge in [0, 0.05) is 6.42 Å². The normalized spacial score (nSPS) is 14.8. The molecule has 310 valence electrons. The second kappa shape index (κ2) is 32.1. The molecule has 0 amide bonds. The van der Waals surface area contributed by atoms with Crippen LogP contribution in [0.15, 0.2) is 0 Å². The first-order valence-electron chi connectivity index (χ1n) is 18.4. The van der Waals surface area contributed by atoms with Crippen LogP contribution in [-0.4, -0.2) is 131 Å². The van der Waals surface area contributed by atoms with Gasteiger partial charge in [-0.15, -0.1) is 0 Å². The van der Waals surface area contributed by atoms with Crippen molar-refractivity contribution in [3.8, 4) is 0 Å². The van der Waals surface area contributed by atoms with E-state index in [9.17, 15) is 54.3 Å². The molecule has 0 heterocycles. The summed E-state index contributed by atoms with van der Waals surface area (Å²) in [6.45, 7) is 9.31. The van der Waals surface area contributed by atoms with Crippen LogP contribution >= 0.6 is 0 Å². The molecule has 53 heavy (non-hydrogen) atoms. The molecule has 0 aromatic carbocycles. The molecule has 17 nitrogen and oxygen atoms in total. The number of aliphatic hydroxyl groups is 5. The zero-order chi connectivity index (χ0) is 40.8. The second-order valence-electron chi connectivity index (χ2n) is 12.4. The fourth-order valence-corrected chi connectivity index (χ4v) is 3.70. The summed E-state index contributed by atoms with van der Waals surface area (Å²) in [5.41, 5.74) is 0. The van der Waals surface area contributed by atoms with Crippen molar-refractivity contribution in [1.29, 1.82) is 0 Å². The van der Waals surface area contributed by atoms with Gasteiger partial charge in [0.2, 0.25) is 0 Å². The third kappa shape index (κ3) is 30.8. The lowest BCUT2D eigenvalue weighted by Crippen LogP contribution is -2.32. The van der Waals surface area contributed by atoms with Crippen molar-refractivity contribution in [2.45, 2.75) is 168 Å². The highest BCUT2D eigenvalue weighted by Crippen LogP contribution is 2.09. The Bertz CT molecular complexity index is 1010. The Morgan fingerprint density at radius 3 is 0.887 bits per heavy atom. The van der Waals surface area contributed by atoms with Gasteiger partial charge in [0.25, 0.3) is 0 Å². The Morgan fingerprint density at radius 2 is 0.642 bits per heavy atom. The highest BCUT2D eigenvalue weighted by Gasteiger charge is 2.23. The minimum Gasteiger partial charge on any atom is -0.462 e. The number of unbranched alkanes of at least 4 members (excludes halogenated alkanes) is 1. The molecule has 0 aromatic rings. The smallest absolute Gasteiger partial charge is 0.308 e. The summed E-state index contributed by atoms with van der Waals surface area (Å²) in [5, 5.41) is 47.3. The lowest BCUT2D eigenvalue weighted by Gasteiger charge is -2.19. The maximum absolute atomic E-state index is 11.8. The van der Waals surface area contributed by atoms with Crippen LogP contribution in [0, 0.1) is 0 Å². The summed E-state index contributed by atoms with van der Waals surface area (Å²) in [5.74, 6) is -3.79. The van der Waals surface area contributed by atoms with E-state index in [1.165, 1.54) is 0 Å². The highest BCUT2D eigenvalue weighted by atomic mass is 16.6. The molecule has 0 radical (unpaired) electrons. The number of aliphatic hydroxyl groups excluding tert-OH is 5. The molecular formula is C36H64O17. The van der Waals surface area contributed by atoms with E-state index in [4.69, 9.17) is 28.4 Å². The van der Waals surface area contributed by atoms with E-state index >= 15 is 0 Å². The van der Waals surface area contributed by atoms with Crippen LogP contribution in [0.4, 0.5) is 0 Å². The molecule has 0 aliphatic rings. The van der Waals surface area contributed by atoms with Crippen molar-refractivity contribution in [2.24, 2.45) is 0 Å². The van der Waals surface area contributed by atoms with E-state index in [0.29, 0.717) is 38.5 Å². The molecule has 0 aliphatic carbocycles. The summed E-state index contributed by atoms with van der Waals surface area (Å²) >= 11 is 0. The van der Waals surface area contributed by atoms with E-state index in [1.54, 1.807) is 34.6 Å². The van der Waals surface area contributed by atoms with Gasteiger partial charge in [0.05, 0.1) is 62.6 Å². The Morgan fingerprint density at radius 1 is 0.396 bits per heavy atom. The number of ether oxygens (including phenoxy) is 6. The molecule has 17 heteroatoms. The Hall–Kier alpha value is -3.38. The highest BCUT2D eigenvalue weighted by molar-refractivity contribution is 5.72. The van der Waals surface area contributed by atoms with Crippen LogP contribution in [-0.2, 0) is 57.2 Å². The molecule has 0 aliphatic heterocycles. The van der Waals surface area contributed by atoms with Crippen LogP contribution in [0.5, 0.6) is 0 Å². The van der Waals surface area contributed by atoms with Crippen LogP contribution in [0.25, 0.3) is 0 Å². The summed E-state index contributed by atoms with van der Waals surface area (Å²) in [7, 11) is 0. The molecule has 0 bridgehead atoms. The van der Waals surface area contributed by atoms with E-state index in [-0.39, 0.29) is 65.0 Å². The van der Waals surface area contributed by atoms with E-state index in [0.717, 1.165) is 6.42 Å². The first-order valence-corrected chi connectivity index (χ1v) is 18.4. The first-order chi connectivity index (χ1) is 25.0. The SMILES string of the molecule is CCC(O)CC(=O)OCC(COC(=O)CC(O)CC)OC(=O)CC(O)CC.CCCCC(=O)OCC(COC(=O)CC(O)CC)OC(=O)CC(O)CC. The minimum atomic E-state index is -1.05. The second-order valence-corrected chi connectivity index (χ2v) is 12.4. The fraction of sp³-hybridized carbons (Fsp3) is 0.833. The third-order valence-electron chi connectivity index (χ3n) is 7.42. The van der Waals surface area contributed by atoms with Crippen LogP contribution < -0.4 is 0 Å². The molecule has 0 saturated heterocycles. The molecule has 0 fully saturated rings. The zero-order valence-corrected chi connectivity index (χ0v) is 32.2. The van der Waals surface area contributed by atoms with E-state index in [2.05, 4.69) is 0 Å². The summed E-state index contributed by atoms with van der Waals surface area (Å²) < 4.78 is 30.2. The van der Waals surface area contributed by atoms with Gasteiger partial charge in [-0.2, -0.15) is 0 Å². The monoisotopic (exact) mass is 768 g/mol. The van der Waals surface area contributed by atoms with Crippen molar-refractivity contribution in [1.82, 2.24) is 0 Å².